The van der Waals surface area contributed by atoms with Crippen LogP contribution in [-0.4, -0.2) is 14.5 Å². The van der Waals surface area contributed by atoms with Gasteiger partial charge in [-0.15, -0.1) is 11.3 Å². The summed E-state index contributed by atoms with van der Waals surface area (Å²) >= 11 is 1.64. The molecule has 5 nitrogen and oxygen atoms in total. The van der Waals surface area contributed by atoms with E-state index in [-0.39, 0.29) is 17.9 Å². The lowest BCUT2D eigenvalue weighted by Crippen LogP contribution is -2.22. The number of hydrogen-bond acceptors (Lipinski definition) is 5. The predicted octanol–water partition coefficient (Wildman–Crippen LogP) is 4.43. The van der Waals surface area contributed by atoms with Gasteiger partial charge in [0.25, 0.3) is 5.56 Å². The number of halogens is 1. The molecule has 0 N–H and O–H groups in total. The molecule has 3 aromatic heterocycles. The Balaban J connectivity index is 1.48. The SMILES string of the molecule is CC1CCc2c(sc3ncn(Cc4ncc(-c5ccc(F)cc5)o4)c(=O)c23)C1. The Bertz CT molecular complexity index is 1220. The quantitative estimate of drug-likeness (QED) is 0.515. The van der Waals surface area contributed by atoms with Crippen LogP contribution in [0.2, 0.25) is 0 Å². The van der Waals surface area contributed by atoms with Gasteiger partial charge in [-0.1, -0.05) is 6.92 Å². The molecular formula is C21H18FN3O2S. The number of nitrogens with zero attached hydrogens (tertiary/aromatic N) is 3. The van der Waals surface area contributed by atoms with E-state index >= 15 is 0 Å². The summed E-state index contributed by atoms with van der Waals surface area (Å²) in [7, 11) is 0. The molecule has 0 radical (unpaired) electrons. The largest absolute Gasteiger partial charge is 0.439 e. The van der Waals surface area contributed by atoms with Crippen molar-refractivity contribution in [1.82, 2.24) is 14.5 Å². The fourth-order valence-corrected chi connectivity index (χ4v) is 5.10. The Morgan fingerprint density at radius 2 is 2.11 bits per heavy atom. The Kier molecular flexibility index (Phi) is 4.12. The molecule has 4 aromatic rings. The average molecular weight is 395 g/mol. The smallest absolute Gasteiger partial charge is 0.262 e. The first kappa shape index (κ1) is 17.3. The fraction of sp³-hybridized carbons (Fsp3) is 0.286. The maximum absolute atomic E-state index is 13.1. The number of aryl methyl sites for hydroxylation is 1. The third-order valence-electron chi connectivity index (χ3n) is 5.27. The number of fused-ring (bicyclic) bond motifs is 3. The van der Waals surface area contributed by atoms with Gasteiger partial charge in [0.2, 0.25) is 5.89 Å². The minimum atomic E-state index is -0.303. The van der Waals surface area contributed by atoms with Crippen molar-refractivity contribution in [3.63, 3.8) is 0 Å². The van der Waals surface area contributed by atoms with Crippen molar-refractivity contribution >= 4 is 21.6 Å². The number of thiophene rings is 1. The lowest BCUT2D eigenvalue weighted by atomic mass is 9.89. The van der Waals surface area contributed by atoms with Crippen molar-refractivity contribution in [1.29, 1.82) is 0 Å². The average Bonchev–Trinajstić information content (AvgIpc) is 3.29. The molecule has 0 spiro atoms. The van der Waals surface area contributed by atoms with Crippen LogP contribution < -0.4 is 5.56 Å². The molecule has 3 heterocycles. The second kappa shape index (κ2) is 6.67. The van der Waals surface area contributed by atoms with Gasteiger partial charge < -0.3 is 4.42 Å². The van der Waals surface area contributed by atoms with Gasteiger partial charge in [0, 0.05) is 10.4 Å². The number of oxazole rings is 1. The van der Waals surface area contributed by atoms with Gasteiger partial charge in [-0.2, -0.15) is 0 Å². The normalized spacial score (nSPS) is 16.4. The lowest BCUT2D eigenvalue weighted by molar-refractivity contribution is 0.483. The molecule has 28 heavy (non-hydrogen) atoms. The van der Waals surface area contributed by atoms with E-state index in [9.17, 15) is 9.18 Å². The molecule has 7 heteroatoms. The molecule has 0 aliphatic heterocycles. The van der Waals surface area contributed by atoms with Crippen molar-refractivity contribution in [3.8, 4) is 11.3 Å². The fourth-order valence-electron chi connectivity index (χ4n) is 3.76. The summed E-state index contributed by atoms with van der Waals surface area (Å²) in [6.07, 6.45) is 6.22. The summed E-state index contributed by atoms with van der Waals surface area (Å²) in [5.74, 6) is 1.31. The summed E-state index contributed by atoms with van der Waals surface area (Å²) < 4.78 is 20.4. The van der Waals surface area contributed by atoms with Crippen molar-refractivity contribution in [3.05, 3.63) is 69.3 Å². The maximum atomic E-state index is 13.1. The van der Waals surface area contributed by atoms with E-state index in [0.29, 0.717) is 17.6 Å². The van der Waals surface area contributed by atoms with Crippen molar-refractivity contribution in [2.45, 2.75) is 32.7 Å². The number of rotatable bonds is 3. The highest BCUT2D eigenvalue weighted by Crippen LogP contribution is 2.35. The van der Waals surface area contributed by atoms with Gasteiger partial charge in [0.15, 0.2) is 5.76 Å². The molecule has 0 saturated heterocycles. The Hall–Kier alpha value is -2.80. The Morgan fingerprint density at radius 1 is 1.29 bits per heavy atom. The predicted molar refractivity (Wildman–Crippen MR) is 106 cm³/mol. The molecule has 142 valence electrons. The van der Waals surface area contributed by atoms with E-state index in [1.165, 1.54) is 22.6 Å². The topological polar surface area (TPSA) is 60.9 Å². The van der Waals surface area contributed by atoms with Crippen LogP contribution in [0.5, 0.6) is 0 Å². The summed E-state index contributed by atoms with van der Waals surface area (Å²) in [5, 5.41) is 0.750. The zero-order chi connectivity index (χ0) is 19.3. The van der Waals surface area contributed by atoms with Gasteiger partial charge >= 0.3 is 0 Å². The van der Waals surface area contributed by atoms with Gasteiger partial charge in [0.05, 0.1) is 17.9 Å². The van der Waals surface area contributed by atoms with Crippen molar-refractivity contribution < 1.29 is 8.81 Å². The van der Waals surface area contributed by atoms with Crippen LogP contribution in [0.4, 0.5) is 4.39 Å². The molecule has 1 unspecified atom stereocenters. The molecule has 1 atom stereocenters. The van der Waals surface area contributed by atoms with E-state index in [1.54, 1.807) is 40.6 Å². The highest BCUT2D eigenvalue weighted by atomic mass is 32.1. The first-order valence-electron chi connectivity index (χ1n) is 9.29. The molecular weight excluding hydrogens is 377 g/mol. The zero-order valence-electron chi connectivity index (χ0n) is 15.3. The molecule has 1 aliphatic rings. The maximum Gasteiger partial charge on any atom is 0.262 e. The summed E-state index contributed by atoms with van der Waals surface area (Å²) in [4.78, 5) is 24.0. The van der Waals surface area contributed by atoms with Crippen LogP contribution in [0.3, 0.4) is 0 Å². The Morgan fingerprint density at radius 3 is 2.93 bits per heavy atom. The third-order valence-corrected chi connectivity index (χ3v) is 6.43. The molecule has 0 fully saturated rings. The molecule has 0 bridgehead atoms. The van der Waals surface area contributed by atoms with Crippen LogP contribution in [0.1, 0.15) is 29.7 Å². The summed E-state index contributed by atoms with van der Waals surface area (Å²) in [6.45, 7) is 2.46. The van der Waals surface area contributed by atoms with E-state index in [2.05, 4.69) is 16.9 Å². The van der Waals surface area contributed by atoms with Crippen LogP contribution in [0, 0.1) is 11.7 Å². The second-order valence-electron chi connectivity index (χ2n) is 7.33. The first-order chi connectivity index (χ1) is 13.6. The molecule has 0 amide bonds. The van der Waals surface area contributed by atoms with Crippen molar-refractivity contribution in [2.24, 2.45) is 5.92 Å². The van der Waals surface area contributed by atoms with Gasteiger partial charge in [-0.3, -0.25) is 9.36 Å². The van der Waals surface area contributed by atoms with Gasteiger partial charge in [-0.25, -0.2) is 14.4 Å². The summed E-state index contributed by atoms with van der Waals surface area (Å²) in [6, 6.07) is 6.02. The van der Waals surface area contributed by atoms with E-state index in [1.807, 2.05) is 0 Å². The second-order valence-corrected chi connectivity index (χ2v) is 8.42. The first-order valence-corrected chi connectivity index (χ1v) is 10.1. The highest BCUT2D eigenvalue weighted by Gasteiger charge is 2.23. The van der Waals surface area contributed by atoms with Crippen LogP contribution in [-0.2, 0) is 19.4 Å². The third kappa shape index (κ3) is 2.96. The molecule has 0 saturated carbocycles. The van der Waals surface area contributed by atoms with E-state index in [0.717, 1.165) is 35.0 Å². The van der Waals surface area contributed by atoms with Gasteiger partial charge in [-0.05, 0) is 55.0 Å². The zero-order valence-corrected chi connectivity index (χ0v) is 16.1. The molecule has 1 aromatic carbocycles. The van der Waals surface area contributed by atoms with Crippen molar-refractivity contribution in [2.75, 3.05) is 0 Å². The number of aromatic nitrogens is 3. The van der Waals surface area contributed by atoms with E-state index in [4.69, 9.17) is 4.42 Å². The highest BCUT2D eigenvalue weighted by molar-refractivity contribution is 7.18. The number of benzene rings is 1. The van der Waals surface area contributed by atoms with Crippen LogP contribution in [0.15, 0.2) is 46.0 Å². The number of hydrogen-bond donors (Lipinski definition) is 0. The van der Waals surface area contributed by atoms with Crippen LogP contribution >= 0.6 is 11.3 Å². The Labute approximate surface area is 164 Å². The van der Waals surface area contributed by atoms with E-state index < -0.39 is 0 Å². The monoisotopic (exact) mass is 395 g/mol. The lowest BCUT2D eigenvalue weighted by Gasteiger charge is -2.17. The van der Waals surface area contributed by atoms with Crippen LogP contribution in [0.25, 0.3) is 21.5 Å². The van der Waals surface area contributed by atoms with Gasteiger partial charge in [0.1, 0.15) is 17.2 Å². The molecule has 1 aliphatic carbocycles. The standard InChI is InChI=1S/C21H18FN3O2S/c1-12-2-7-15-17(8-12)28-20-19(15)21(26)25(11-24-20)10-18-23-9-16(27-18)13-3-5-14(22)6-4-13/h3-6,9,11-12H,2,7-8,10H2,1H3. The summed E-state index contributed by atoms with van der Waals surface area (Å²) in [5.41, 5.74) is 1.87. The minimum Gasteiger partial charge on any atom is -0.439 e. The minimum absolute atomic E-state index is 0.0430. The molecule has 5 rings (SSSR count).